The zero-order chi connectivity index (χ0) is 12.3. The van der Waals surface area contributed by atoms with E-state index in [1.54, 1.807) is 0 Å². The van der Waals surface area contributed by atoms with E-state index in [0.29, 0.717) is 12.6 Å². The van der Waals surface area contributed by atoms with Gasteiger partial charge in [-0.2, -0.15) is 0 Å². The average molecular weight is 227 g/mol. The largest absolute Gasteiger partial charge is 0.355 e. The van der Waals surface area contributed by atoms with Crippen molar-refractivity contribution in [1.82, 2.24) is 10.2 Å². The Morgan fingerprint density at radius 1 is 1.62 bits per heavy atom. The van der Waals surface area contributed by atoms with Crippen LogP contribution in [0.5, 0.6) is 0 Å². The zero-order valence-electron chi connectivity index (χ0n) is 10.9. The molecule has 0 bridgehead atoms. The molecule has 1 aliphatic heterocycles. The van der Waals surface area contributed by atoms with Gasteiger partial charge in [-0.1, -0.05) is 6.92 Å². The van der Waals surface area contributed by atoms with Gasteiger partial charge in [0, 0.05) is 24.7 Å². The van der Waals surface area contributed by atoms with Gasteiger partial charge < -0.3 is 11.1 Å². The van der Waals surface area contributed by atoms with Crippen molar-refractivity contribution in [3.05, 3.63) is 0 Å². The fraction of sp³-hybridized carbons (Fsp3) is 0.917. The highest BCUT2D eigenvalue weighted by Gasteiger charge is 2.40. The Hall–Kier alpha value is -0.610. The molecular formula is C12H25N3O. The van der Waals surface area contributed by atoms with Crippen molar-refractivity contribution in [3.8, 4) is 0 Å². The maximum atomic E-state index is 11.9. The molecular weight excluding hydrogens is 202 g/mol. The van der Waals surface area contributed by atoms with E-state index in [4.69, 9.17) is 5.73 Å². The van der Waals surface area contributed by atoms with Gasteiger partial charge in [-0.05, 0) is 33.6 Å². The minimum absolute atomic E-state index is 0.0264. The summed E-state index contributed by atoms with van der Waals surface area (Å²) in [4.78, 5) is 14.2. The van der Waals surface area contributed by atoms with Crippen LogP contribution in [-0.2, 0) is 4.79 Å². The van der Waals surface area contributed by atoms with Crippen molar-refractivity contribution in [1.29, 1.82) is 0 Å². The minimum Gasteiger partial charge on any atom is -0.355 e. The van der Waals surface area contributed by atoms with Crippen molar-refractivity contribution in [2.45, 2.75) is 58.2 Å². The summed E-state index contributed by atoms with van der Waals surface area (Å²) in [7, 11) is 0. The summed E-state index contributed by atoms with van der Waals surface area (Å²) in [5, 5.41) is 2.95. The molecule has 1 heterocycles. The first-order valence-electron chi connectivity index (χ1n) is 6.20. The van der Waals surface area contributed by atoms with Crippen LogP contribution in [0.25, 0.3) is 0 Å². The van der Waals surface area contributed by atoms with Crippen molar-refractivity contribution in [3.63, 3.8) is 0 Å². The van der Waals surface area contributed by atoms with Crippen LogP contribution in [-0.4, -0.2) is 41.5 Å². The first kappa shape index (κ1) is 13.5. The van der Waals surface area contributed by atoms with Crippen molar-refractivity contribution in [2.24, 2.45) is 5.73 Å². The Morgan fingerprint density at radius 2 is 2.25 bits per heavy atom. The Kier molecular flexibility index (Phi) is 4.33. The Morgan fingerprint density at radius 3 is 2.75 bits per heavy atom. The van der Waals surface area contributed by atoms with Gasteiger partial charge in [0.05, 0.1) is 0 Å². The molecule has 0 spiro atoms. The van der Waals surface area contributed by atoms with E-state index in [-0.39, 0.29) is 17.5 Å². The fourth-order valence-corrected chi connectivity index (χ4v) is 2.61. The zero-order valence-corrected chi connectivity index (χ0v) is 10.9. The molecule has 0 saturated carbocycles. The third-order valence-corrected chi connectivity index (χ3v) is 3.66. The van der Waals surface area contributed by atoms with Crippen LogP contribution in [0, 0.1) is 0 Å². The molecule has 1 amide bonds. The highest BCUT2D eigenvalue weighted by molar-refractivity contribution is 5.82. The monoisotopic (exact) mass is 227 g/mol. The lowest BCUT2D eigenvalue weighted by Crippen LogP contribution is -2.58. The number of amides is 1. The number of carbonyl (C=O) groups excluding carboxylic acids is 1. The lowest BCUT2D eigenvalue weighted by Gasteiger charge is -2.44. The number of rotatable bonds is 3. The van der Waals surface area contributed by atoms with E-state index in [2.05, 4.69) is 37.9 Å². The number of carbonyl (C=O) groups is 1. The molecule has 4 heteroatoms. The summed E-state index contributed by atoms with van der Waals surface area (Å²) in [5.41, 5.74) is 5.79. The lowest BCUT2D eigenvalue weighted by molar-refractivity contribution is -0.127. The second-order valence-electron chi connectivity index (χ2n) is 5.27. The van der Waals surface area contributed by atoms with Crippen LogP contribution in [0.4, 0.5) is 0 Å². The highest BCUT2D eigenvalue weighted by atomic mass is 16.2. The standard InChI is InChI=1S/C12H25N3O/c1-5-9(2)15-10(8-13)11(16)14-7-6-12(15,3)4/h9-10H,5-8,13H2,1-4H3,(H,14,16). The third kappa shape index (κ3) is 2.55. The minimum atomic E-state index is -0.188. The second-order valence-corrected chi connectivity index (χ2v) is 5.27. The van der Waals surface area contributed by atoms with Gasteiger partial charge in [0.15, 0.2) is 0 Å². The molecule has 0 aromatic carbocycles. The second kappa shape index (κ2) is 5.15. The van der Waals surface area contributed by atoms with Crippen molar-refractivity contribution in [2.75, 3.05) is 13.1 Å². The molecule has 0 aromatic rings. The van der Waals surface area contributed by atoms with E-state index < -0.39 is 0 Å². The number of hydrogen-bond donors (Lipinski definition) is 2. The molecule has 2 atom stereocenters. The predicted molar refractivity (Wildman–Crippen MR) is 66.1 cm³/mol. The van der Waals surface area contributed by atoms with Gasteiger partial charge in [0.2, 0.25) is 5.91 Å². The molecule has 1 fully saturated rings. The maximum absolute atomic E-state index is 11.9. The summed E-state index contributed by atoms with van der Waals surface area (Å²) in [6.45, 7) is 9.85. The topological polar surface area (TPSA) is 58.4 Å². The number of nitrogens with zero attached hydrogens (tertiary/aromatic N) is 1. The fourth-order valence-electron chi connectivity index (χ4n) is 2.61. The summed E-state index contributed by atoms with van der Waals surface area (Å²) in [6.07, 6.45) is 2.01. The normalized spacial score (nSPS) is 28.3. The summed E-state index contributed by atoms with van der Waals surface area (Å²) < 4.78 is 0. The Labute approximate surface area is 98.6 Å². The van der Waals surface area contributed by atoms with Crippen LogP contribution < -0.4 is 11.1 Å². The molecule has 1 saturated heterocycles. The molecule has 0 radical (unpaired) electrons. The molecule has 0 aromatic heterocycles. The molecule has 1 aliphatic rings. The van der Waals surface area contributed by atoms with E-state index in [1.165, 1.54) is 0 Å². The van der Waals surface area contributed by atoms with Gasteiger partial charge >= 0.3 is 0 Å². The number of hydrogen-bond acceptors (Lipinski definition) is 3. The first-order chi connectivity index (χ1) is 7.44. The van der Waals surface area contributed by atoms with E-state index >= 15 is 0 Å². The van der Waals surface area contributed by atoms with Gasteiger partial charge in [0.1, 0.15) is 6.04 Å². The highest BCUT2D eigenvalue weighted by Crippen LogP contribution is 2.27. The Bertz CT molecular complexity index is 253. The maximum Gasteiger partial charge on any atom is 0.238 e. The van der Waals surface area contributed by atoms with Gasteiger partial charge in [0.25, 0.3) is 0 Å². The van der Waals surface area contributed by atoms with Crippen LogP contribution in [0.1, 0.15) is 40.5 Å². The van der Waals surface area contributed by atoms with Crippen molar-refractivity contribution >= 4 is 5.91 Å². The van der Waals surface area contributed by atoms with E-state index in [1.807, 2.05) is 0 Å². The summed E-state index contributed by atoms with van der Waals surface area (Å²) >= 11 is 0. The lowest BCUT2D eigenvalue weighted by atomic mass is 9.94. The van der Waals surface area contributed by atoms with Gasteiger partial charge in [-0.15, -0.1) is 0 Å². The van der Waals surface area contributed by atoms with E-state index in [0.717, 1.165) is 19.4 Å². The van der Waals surface area contributed by atoms with Gasteiger partial charge in [-0.3, -0.25) is 9.69 Å². The van der Waals surface area contributed by atoms with E-state index in [9.17, 15) is 4.79 Å². The quantitative estimate of drug-likeness (QED) is 0.746. The van der Waals surface area contributed by atoms with Gasteiger partial charge in [-0.25, -0.2) is 0 Å². The first-order valence-corrected chi connectivity index (χ1v) is 6.20. The molecule has 3 N–H and O–H groups in total. The molecule has 4 nitrogen and oxygen atoms in total. The number of nitrogens with one attached hydrogen (secondary N) is 1. The molecule has 2 unspecified atom stereocenters. The predicted octanol–water partition coefficient (Wildman–Crippen LogP) is 0.713. The van der Waals surface area contributed by atoms with Crippen LogP contribution in [0.15, 0.2) is 0 Å². The molecule has 0 aliphatic carbocycles. The van der Waals surface area contributed by atoms with Crippen LogP contribution in [0.3, 0.4) is 0 Å². The summed E-state index contributed by atoms with van der Waals surface area (Å²) in [5.74, 6) is 0.0772. The van der Waals surface area contributed by atoms with Crippen LogP contribution >= 0.6 is 0 Å². The Balaban J connectivity index is 3.02. The average Bonchev–Trinajstić information content (AvgIpc) is 2.33. The number of nitrogens with two attached hydrogens (primary N) is 1. The van der Waals surface area contributed by atoms with Crippen molar-refractivity contribution < 1.29 is 4.79 Å². The smallest absolute Gasteiger partial charge is 0.238 e. The molecule has 1 rings (SSSR count). The molecule has 16 heavy (non-hydrogen) atoms. The summed E-state index contributed by atoms with van der Waals surface area (Å²) in [6, 6.07) is 0.194. The molecule has 94 valence electrons. The van der Waals surface area contributed by atoms with Crippen LogP contribution in [0.2, 0.25) is 0 Å². The third-order valence-electron chi connectivity index (χ3n) is 3.66. The SMILES string of the molecule is CCC(C)N1C(CN)C(=O)NCCC1(C)C.